The highest BCUT2D eigenvalue weighted by Gasteiger charge is 2.31. The van der Waals surface area contributed by atoms with Crippen LogP contribution in [-0.2, 0) is 16.1 Å². The van der Waals surface area contributed by atoms with Crippen LogP contribution in [-0.4, -0.2) is 24.8 Å². The van der Waals surface area contributed by atoms with Gasteiger partial charge >= 0.3 is 5.97 Å². The van der Waals surface area contributed by atoms with Gasteiger partial charge in [-0.3, -0.25) is 0 Å². The topological polar surface area (TPSA) is 68.8 Å². The van der Waals surface area contributed by atoms with Crippen LogP contribution in [0.1, 0.15) is 42.1 Å². The zero-order valence-corrected chi connectivity index (χ0v) is 19.3. The van der Waals surface area contributed by atoms with Crippen LogP contribution in [0.3, 0.4) is 0 Å². The SMILES string of the molecule is CCOC(=O)C1=C(C)NC(=S)N[C@@H]1c1ccc(OC)c(COc2c(C)cccc2C)c1. The van der Waals surface area contributed by atoms with Gasteiger partial charge in [-0.1, -0.05) is 24.3 Å². The molecule has 0 radical (unpaired) electrons. The Hall–Kier alpha value is -3.06. The number of rotatable bonds is 7. The minimum atomic E-state index is -0.433. The summed E-state index contributed by atoms with van der Waals surface area (Å²) in [5, 5.41) is 6.66. The standard InChI is InChI=1S/C24H28N2O4S/c1-6-29-23(27)20-16(4)25-24(31)26-21(20)17-10-11-19(28-5)18(12-17)13-30-22-14(2)8-7-9-15(22)3/h7-12,21H,6,13H2,1-5H3,(H2,25,26,31)/t21-/m1/s1. The molecule has 0 saturated heterocycles. The lowest BCUT2D eigenvalue weighted by Crippen LogP contribution is -2.45. The first kappa shape index (κ1) is 22.6. The maximum absolute atomic E-state index is 12.6. The van der Waals surface area contributed by atoms with Gasteiger partial charge in [0.15, 0.2) is 5.11 Å². The fourth-order valence-electron chi connectivity index (χ4n) is 3.69. The second kappa shape index (κ2) is 9.83. The summed E-state index contributed by atoms with van der Waals surface area (Å²) in [6.07, 6.45) is 0. The highest BCUT2D eigenvalue weighted by molar-refractivity contribution is 7.80. The summed E-state index contributed by atoms with van der Waals surface area (Å²) < 4.78 is 17.0. The molecule has 7 heteroatoms. The van der Waals surface area contributed by atoms with E-state index < -0.39 is 6.04 Å². The summed E-state index contributed by atoms with van der Waals surface area (Å²) in [6.45, 7) is 8.28. The summed E-state index contributed by atoms with van der Waals surface area (Å²) in [5.74, 6) is 1.20. The van der Waals surface area contributed by atoms with Crippen molar-refractivity contribution in [3.8, 4) is 11.5 Å². The lowest BCUT2D eigenvalue weighted by molar-refractivity contribution is -0.139. The van der Waals surface area contributed by atoms with Crippen molar-refractivity contribution in [2.75, 3.05) is 13.7 Å². The molecule has 1 heterocycles. The Bertz CT molecular complexity index is 1010. The van der Waals surface area contributed by atoms with E-state index in [-0.39, 0.29) is 5.97 Å². The molecule has 6 nitrogen and oxygen atoms in total. The molecule has 2 N–H and O–H groups in total. The van der Waals surface area contributed by atoms with Crippen molar-refractivity contribution in [3.05, 3.63) is 69.9 Å². The number of methoxy groups -OCH3 is 1. The van der Waals surface area contributed by atoms with E-state index in [1.165, 1.54) is 0 Å². The molecule has 0 spiro atoms. The van der Waals surface area contributed by atoms with Crippen LogP contribution >= 0.6 is 12.2 Å². The number of hydrogen-bond donors (Lipinski definition) is 2. The fourth-order valence-corrected chi connectivity index (χ4v) is 3.96. The van der Waals surface area contributed by atoms with Gasteiger partial charge in [0.1, 0.15) is 18.1 Å². The molecule has 1 aliphatic rings. The van der Waals surface area contributed by atoms with Gasteiger partial charge in [-0.25, -0.2) is 4.79 Å². The Morgan fingerprint density at radius 2 is 1.84 bits per heavy atom. The summed E-state index contributed by atoms with van der Waals surface area (Å²) in [6, 6.07) is 11.4. The number of para-hydroxylation sites is 1. The monoisotopic (exact) mass is 440 g/mol. The average Bonchev–Trinajstić information content (AvgIpc) is 2.72. The Balaban J connectivity index is 1.95. The Morgan fingerprint density at radius 1 is 1.13 bits per heavy atom. The summed E-state index contributed by atoms with van der Waals surface area (Å²) in [5.41, 5.74) is 5.06. The van der Waals surface area contributed by atoms with Gasteiger partial charge < -0.3 is 24.8 Å². The smallest absolute Gasteiger partial charge is 0.338 e. The number of benzene rings is 2. The Kier molecular flexibility index (Phi) is 7.17. The zero-order valence-electron chi connectivity index (χ0n) is 18.5. The number of nitrogens with one attached hydrogen (secondary N) is 2. The normalized spacial score (nSPS) is 15.8. The first-order valence-corrected chi connectivity index (χ1v) is 10.6. The van der Waals surface area contributed by atoms with Crippen LogP contribution in [0.5, 0.6) is 11.5 Å². The van der Waals surface area contributed by atoms with E-state index in [4.69, 9.17) is 26.4 Å². The fraction of sp³-hybridized carbons (Fsp3) is 0.333. The van der Waals surface area contributed by atoms with Gasteiger partial charge in [0.25, 0.3) is 0 Å². The molecule has 1 aliphatic heterocycles. The van der Waals surface area contributed by atoms with Gasteiger partial charge in [0, 0.05) is 11.3 Å². The molecule has 0 amide bonds. The molecule has 3 rings (SSSR count). The number of hydrogen-bond acceptors (Lipinski definition) is 5. The van der Waals surface area contributed by atoms with Crippen molar-refractivity contribution in [1.82, 2.24) is 10.6 Å². The van der Waals surface area contributed by atoms with Crippen molar-refractivity contribution in [3.63, 3.8) is 0 Å². The van der Waals surface area contributed by atoms with Crippen LogP contribution in [0.15, 0.2) is 47.7 Å². The Labute approximate surface area is 188 Å². The number of allylic oxidation sites excluding steroid dienone is 1. The molecule has 31 heavy (non-hydrogen) atoms. The van der Waals surface area contributed by atoms with Crippen LogP contribution in [0.25, 0.3) is 0 Å². The van der Waals surface area contributed by atoms with Crippen molar-refractivity contribution in [2.45, 2.75) is 40.3 Å². The van der Waals surface area contributed by atoms with Gasteiger partial charge in [0.05, 0.1) is 25.3 Å². The lowest BCUT2D eigenvalue weighted by Gasteiger charge is -2.30. The van der Waals surface area contributed by atoms with Crippen molar-refractivity contribution < 1.29 is 19.0 Å². The largest absolute Gasteiger partial charge is 0.496 e. The average molecular weight is 441 g/mol. The van der Waals surface area contributed by atoms with Gasteiger partial charge in [-0.05, 0) is 68.7 Å². The summed E-state index contributed by atoms with van der Waals surface area (Å²) in [4.78, 5) is 12.6. The highest BCUT2D eigenvalue weighted by Crippen LogP contribution is 2.32. The molecule has 0 aliphatic carbocycles. The zero-order chi connectivity index (χ0) is 22.5. The molecule has 0 saturated carbocycles. The van der Waals surface area contributed by atoms with Gasteiger partial charge in [0.2, 0.25) is 0 Å². The van der Waals surface area contributed by atoms with E-state index in [0.29, 0.717) is 35.3 Å². The predicted molar refractivity (Wildman–Crippen MR) is 124 cm³/mol. The summed E-state index contributed by atoms with van der Waals surface area (Å²) >= 11 is 5.33. The van der Waals surface area contributed by atoms with Crippen molar-refractivity contribution in [1.29, 1.82) is 0 Å². The molecule has 1 atom stereocenters. The highest BCUT2D eigenvalue weighted by atomic mass is 32.1. The third-order valence-electron chi connectivity index (χ3n) is 5.18. The number of aryl methyl sites for hydroxylation is 2. The molecule has 0 fully saturated rings. The maximum Gasteiger partial charge on any atom is 0.338 e. The number of carbonyl (C=O) groups excluding carboxylic acids is 1. The second-order valence-corrected chi connectivity index (χ2v) is 7.78. The van der Waals surface area contributed by atoms with E-state index in [2.05, 4.69) is 10.6 Å². The molecule has 164 valence electrons. The van der Waals surface area contributed by atoms with E-state index in [1.807, 2.05) is 57.2 Å². The minimum absolute atomic E-state index is 0.296. The lowest BCUT2D eigenvalue weighted by atomic mass is 9.94. The number of esters is 1. The Morgan fingerprint density at radius 3 is 2.48 bits per heavy atom. The van der Waals surface area contributed by atoms with Crippen molar-refractivity contribution in [2.24, 2.45) is 0 Å². The summed E-state index contributed by atoms with van der Waals surface area (Å²) in [7, 11) is 1.63. The maximum atomic E-state index is 12.6. The van der Waals surface area contributed by atoms with E-state index in [9.17, 15) is 4.79 Å². The molecule has 2 aromatic rings. The molecular formula is C24H28N2O4S. The molecule has 2 aromatic carbocycles. The minimum Gasteiger partial charge on any atom is -0.496 e. The van der Waals surface area contributed by atoms with Crippen LogP contribution in [0.4, 0.5) is 0 Å². The molecule has 0 aromatic heterocycles. The molecular weight excluding hydrogens is 412 g/mol. The van der Waals surface area contributed by atoms with E-state index >= 15 is 0 Å². The first-order valence-electron chi connectivity index (χ1n) is 10.2. The predicted octanol–water partition coefficient (Wildman–Crippen LogP) is 4.25. The number of carbonyl (C=O) groups is 1. The van der Waals surface area contributed by atoms with Gasteiger partial charge in [-0.15, -0.1) is 0 Å². The van der Waals surface area contributed by atoms with E-state index in [0.717, 1.165) is 28.0 Å². The molecule has 0 unspecified atom stereocenters. The van der Waals surface area contributed by atoms with Gasteiger partial charge in [-0.2, -0.15) is 0 Å². The third kappa shape index (κ3) is 4.99. The van der Waals surface area contributed by atoms with Crippen LogP contribution < -0.4 is 20.1 Å². The quantitative estimate of drug-likeness (QED) is 0.493. The molecule has 0 bridgehead atoms. The number of ether oxygens (including phenoxy) is 3. The van der Waals surface area contributed by atoms with Crippen LogP contribution in [0, 0.1) is 13.8 Å². The van der Waals surface area contributed by atoms with Crippen LogP contribution in [0.2, 0.25) is 0 Å². The number of thiocarbonyl (C=S) groups is 1. The second-order valence-electron chi connectivity index (χ2n) is 7.37. The van der Waals surface area contributed by atoms with Crippen molar-refractivity contribution >= 4 is 23.3 Å². The third-order valence-corrected chi connectivity index (χ3v) is 5.40. The van der Waals surface area contributed by atoms with E-state index in [1.54, 1.807) is 14.0 Å². The first-order chi connectivity index (χ1) is 14.8.